The summed E-state index contributed by atoms with van der Waals surface area (Å²) in [5.41, 5.74) is 1.83. The summed E-state index contributed by atoms with van der Waals surface area (Å²) in [6, 6.07) is 8.28. The normalized spacial score (nSPS) is 20.9. The number of amides is 1. The fraction of sp³-hybridized carbons (Fsp3) is 0.353. The van der Waals surface area contributed by atoms with E-state index in [-0.39, 0.29) is 18.6 Å². The van der Waals surface area contributed by atoms with Gasteiger partial charge in [-0.25, -0.2) is 4.79 Å². The van der Waals surface area contributed by atoms with Crippen LogP contribution in [0.3, 0.4) is 0 Å². The number of ether oxygens (including phenoxy) is 1. The zero-order valence-corrected chi connectivity index (χ0v) is 13.0. The number of benzene rings is 1. The molecule has 3 rings (SSSR count). The summed E-state index contributed by atoms with van der Waals surface area (Å²) in [5, 5.41) is 10.2. The molecule has 0 radical (unpaired) electrons. The number of rotatable bonds is 3. The molecule has 120 valence electrons. The first-order chi connectivity index (χ1) is 11.0. The molecule has 0 saturated carbocycles. The zero-order chi connectivity index (χ0) is 16.6. The summed E-state index contributed by atoms with van der Waals surface area (Å²) >= 11 is 0. The Morgan fingerprint density at radius 1 is 1.30 bits per heavy atom. The van der Waals surface area contributed by atoms with Crippen molar-refractivity contribution in [2.24, 2.45) is 0 Å². The summed E-state index contributed by atoms with van der Waals surface area (Å²) in [5.74, 6) is -1.33. The molecule has 2 heterocycles. The van der Waals surface area contributed by atoms with E-state index in [1.165, 1.54) is 12.0 Å². The number of carboxylic acids is 1. The van der Waals surface area contributed by atoms with Gasteiger partial charge in [0, 0.05) is 31.2 Å². The highest BCUT2D eigenvalue weighted by molar-refractivity contribution is 6.06. The van der Waals surface area contributed by atoms with Gasteiger partial charge in [0.15, 0.2) is 0 Å². The number of hydrogen-bond donors (Lipinski definition) is 1. The lowest BCUT2D eigenvalue weighted by molar-refractivity contribution is -0.141. The third-order valence-electron chi connectivity index (χ3n) is 4.23. The van der Waals surface area contributed by atoms with E-state index in [2.05, 4.69) is 4.98 Å². The average molecular weight is 314 g/mol. The number of methoxy groups -OCH3 is 1. The van der Waals surface area contributed by atoms with Gasteiger partial charge in [-0.15, -0.1) is 0 Å². The number of carbonyl (C=O) groups is 2. The van der Waals surface area contributed by atoms with Crippen LogP contribution in [0.2, 0.25) is 0 Å². The van der Waals surface area contributed by atoms with Crippen LogP contribution in [-0.2, 0) is 9.53 Å². The third kappa shape index (κ3) is 2.77. The van der Waals surface area contributed by atoms with E-state index in [1.54, 1.807) is 12.1 Å². The maximum Gasteiger partial charge on any atom is 0.326 e. The van der Waals surface area contributed by atoms with Gasteiger partial charge in [-0.05, 0) is 19.1 Å². The van der Waals surface area contributed by atoms with Gasteiger partial charge >= 0.3 is 5.97 Å². The molecule has 1 amide bonds. The average Bonchev–Trinajstić information content (AvgIpc) is 2.98. The second-order valence-corrected chi connectivity index (χ2v) is 5.73. The minimum atomic E-state index is -1.01. The summed E-state index contributed by atoms with van der Waals surface area (Å²) < 4.78 is 5.24. The lowest BCUT2D eigenvalue weighted by Gasteiger charge is -2.21. The first-order valence-corrected chi connectivity index (χ1v) is 7.44. The number of likely N-dealkylation sites (tertiary alicyclic amines) is 1. The number of carboxylic acid groups (broad SMARTS) is 1. The first kappa shape index (κ1) is 15.4. The van der Waals surface area contributed by atoms with E-state index < -0.39 is 12.0 Å². The van der Waals surface area contributed by atoms with Gasteiger partial charge < -0.3 is 14.7 Å². The lowest BCUT2D eigenvalue weighted by Crippen LogP contribution is -2.40. The Morgan fingerprint density at radius 2 is 2.09 bits per heavy atom. The Balaban J connectivity index is 2.03. The highest BCUT2D eigenvalue weighted by Gasteiger charge is 2.40. The fourth-order valence-electron chi connectivity index (χ4n) is 3.00. The van der Waals surface area contributed by atoms with E-state index in [1.807, 2.05) is 25.1 Å². The maximum atomic E-state index is 12.9. The number of aryl methyl sites for hydroxylation is 1. The number of fused-ring (bicyclic) bond motifs is 1. The molecule has 0 bridgehead atoms. The van der Waals surface area contributed by atoms with Crippen LogP contribution in [0.5, 0.6) is 0 Å². The molecule has 1 fully saturated rings. The zero-order valence-electron chi connectivity index (χ0n) is 13.0. The highest BCUT2D eigenvalue weighted by atomic mass is 16.5. The summed E-state index contributed by atoms with van der Waals surface area (Å²) in [6.07, 6.45) is 0.0409. The van der Waals surface area contributed by atoms with Gasteiger partial charge in [0.05, 0.1) is 17.2 Å². The van der Waals surface area contributed by atoms with Crippen LogP contribution in [0.1, 0.15) is 22.5 Å². The number of hydrogen-bond acceptors (Lipinski definition) is 4. The predicted molar refractivity (Wildman–Crippen MR) is 84.4 cm³/mol. The van der Waals surface area contributed by atoms with Crippen molar-refractivity contribution >= 4 is 22.8 Å². The van der Waals surface area contributed by atoms with Crippen molar-refractivity contribution in [1.29, 1.82) is 0 Å². The SMILES string of the molecule is COC1CC(C(=O)O)N(C(=O)c2cccc3ccc(C)nc23)C1. The van der Waals surface area contributed by atoms with Gasteiger partial charge in [0.1, 0.15) is 6.04 Å². The number of aliphatic carboxylic acids is 1. The Bertz CT molecular complexity index is 774. The quantitative estimate of drug-likeness (QED) is 0.935. The van der Waals surface area contributed by atoms with Crippen molar-refractivity contribution in [2.45, 2.75) is 25.5 Å². The van der Waals surface area contributed by atoms with Gasteiger partial charge in [-0.1, -0.05) is 18.2 Å². The number of nitrogens with zero attached hydrogens (tertiary/aromatic N) is 2. The van der Waals surface area contributed by atoms with Crippen LogP contribution < -0.4 is 0 Å². The first-order valence-electron chi connectivity index (χ1n) is 7.44. The van der Waals surface area contributed by atoms with Crippen LogP contribution in [0.25, 0.3) is 10.9 Å². The highest BCUT2D eigenvalue weighted by Crippen LogP contribution is 2.25. The Labute approximate surface area is 133 Å². The minimum absolute atomic E-state index is 0.260. The molecule has 1 aromatic heterocycles. The number of pyridine rings is 1. The molecule has 1 N–H and O–H groups in total. The molecule has 6 heteroatoms. The smallest absolute Gasteiger partial charge is 0.326 e. The van der Waals surface area contributed by atoms with E-state index >= 15 is 0 Å². The molecule has 23 heavy (non-hydrogen) atoms. The van der Waals surface area contributed by atoms with Gasteiger partial charge in [-0.3, -0.25) is 9.78 Å². The second-order valence-electron chi connectivity index (χ2n) is 5.73. The molecular weight excluding hydrogens is 296 g/mol. The lowest BCUT2D eigenvalue weighted by atomic mass is 10.1. The van der Waals surface area contributed by atoms with Crippen LogP contribution in [0, 0.1) is 6.92 Å². The Morgan fingerprint density at radius 3 is 2.78 bits per heavy atom. The van der Waals surface area contributed by atoms with Gasteiger partial charge in [-0.2, -0.15) is 0 Å². The van der Waals surface area contributed by atoms with Crippen LogP contribution in [0.15, 0.2) is 30.3 Å². The molecule has 0 spiro atoms. The summed E-state index contributed by atoms with van der Waals surface area (Å²) in [4.78, 5) is 30.2. The number of aromatic nitrogens is 1. The summed E-state index contributed by atoms with van der Waals surface area (Å²) in [7, 11) is 1.53. The van der Waals surface area contributed by atoms with E-state index in [0.717, 1.165) is 11.1 Å². The van der Waals surface area contributed by atoms with Gasteiger partial charge in [0.25, 0.3) is 5.91 Å². The van der Waals surface area contributed by atoms with Crippen LogP contribution in [0.4, 0.5) is 0 Å². The maximum absolute atomic E-state index is 12.9. The molecule has 2 unspecified atom stereocenters. The largest absolute Gasteiger partial charge is 0.480 e. The molecule has 2 atom stereocenters. The molecule has 1 aliphatic heterocycles. The molecule has 2 aromatic rings. The fourth-order valence-corrected chi connectivity index (χ4v) is 3.00. The molecule has 1 aromatic carbocycles. The van der Waals surface area contributed by atoms with Crippen LogP contribution >= 0.6 is 0 Å². The molecule has 0 aliphatic carbocycles. The van der Waals surface area contributed by atoms with Crippen molar-refractivity contribution in [3.63, 3.8) is 0 Å². The van der Waals surface area contributed by atoms with Crippen LogP contribution in [-0.4, -0.2) is 52.7 Å². The Hall–Kier alpha value is -2.47. The van der Waals surface area contributed by atoms with E-state index in [4.69, 9.17) is 4.74 Å². The summed E-state index contributed by atoms with van der Waals surface area (Å²) in [6.45, 7) is 2.13. The van der Waals surface area contributed by atoms with Gasteiger partial charge in [0.2, 0.25) is 0 Å². The van der Waals surface area contributed by atoms with E-state index in [9.17, 15) is 14.7 Å². The van der Waals surface area contributed by atoms with Crippen molar-refractivity contribution in [2.75, 3.05) is 13.7 Å². The third-order valence-corrected chi connectivity index (χ3v) is 4.23. The predicted octanol–water partition coefficient (Wildman–Crippen LogP) is 1.86. The molecular formula is C17H18N2O4. The molecule has 6 nitrogen and oxygen atoms in total. The number of para-hydroxylation sites is 1. The monoisotopic (exact) mass is 314 g/mol. The van der Waals surface area contributed by atoms with Crippen molar-refractivity contribution < 1.29 is 19.4 Å². The Kier molecular flexibility index (Phi) is 4.00. The van der Waals surface area contributed by atoms with Crippen molar-refractivity contribution in [1.82, 2.24) is 9.88 Å². The second kappa shape index (κ2) is 5.96. The standard InChI is InChI=1S/C17H18N2O4/c1-10-6-7-11-4-3-5-13(15(11)18-10)16(20)19-9-12(23-2)8-14(19)17(21)22/h3-7,12,14H,8-9H2,1-2H3,(H,21,22). The van der Waals surface area contributed by atoms with Crippen molar-refractivity contribution in [3.05, 3.63) is 41.6 Å². The van der Waals surface area contributed by atoms with Crippen molar-refractivity contribution in [3.8, 4) is 0 Å². The molecule has 1 saturated heterocycles. The minimum Gasteiger partial charge on any atom is -0.480 e. The number of carbonyl (C=O) groups excluding carboxylic acids is 1. The topological polar surface area (TPSA) is 79.7 Å². The molecule has 1 aliphatic rings. The van der Waals surface area contributed by atoms with E-state index in [0.29, 0.717) is 17.5 Å².